The lowest BCUT2D eigenvalue weighted by atomic mass is 10.2. The number of nitro groups is 1. The maximum absolute atomic E-state index is 12.3. The van der Waals surface area contributed by atoms with Gasteiger partial charge in [-0.15, -0.1) is 0 Å². The molecule has 2 aromatic carbocycles. The minimum atomic E-state index is -4.02. The topological polar surface area (TPSA) is 127 Å². The first-order valence-corrected chi connectivity index (χ1v) is 7.80. The van der Waals surface area contributed by atoms with E-state index in [4.69, 9.17) is 5.11 Å². The number of nitrogens with one attached hydrogen (secondary N) is 1. The van der Waals surface area contributed by atoms with Gasteiger partial charge in [-0.2, -0.15) is 0 Å². The van der Waals surface area contributed by atoms with E-state index in [1.54, 1.807) is 19.1 Å². The largest absolute Gasteiger partial charge is 0.478 e. The molecular weight excluding hydrogens is 324 g/mol. The van der Waals surface area contributed by atoms with Crippen molar-refractivity contribution in [3.8, 4) is 0 Å². The van der Waals surface area contributed by atoms with E-state index in [1.165, 1.54) is 12.1 Å². The van der Waals surface area contributed by atoms with Crippen LogP contribution in [0.1, 0.15) is 15.9 Å². The Bertz CT molecular complexity index is 875. The summed E-state index contributed by atoms with van der Waals surface area (Å²) in [5.41, 5.74) is -0.392. The SMILES string of the molecule is Cc1ccc(S(=O)(=O)Nc2ccc(C(=O)O)cc2[N+](=O)[O-])cc1. The van der Waals surface area contributed by atoms with Crippen LogP contribution in [-0.4, -0.2) is 24.4 Å². The Labute approximate surface area is 131 Å². The quantitative estimate of drug-likeness (QED) is 0.637. The van der Waals surface area contributed by atoms with Gasteiger partial charge in [-0.05, 0) is 31.2 Å². The number of anilines is 1. The van der Waals surface area contributed by atoms with Crippen LogP contribution in [0.25, 0.3) is 0 Å². The number of nitro benzene ring substituents is 1. The van der Waals surface area contributed by atoms with Crippen molar-refractivity contribution in [3.05, 3.63) is 63.7 Å². The van der Waals surface area contributed by atoms with E-state index >= 15 is 0 Å². The fourth-order valence-electron chi connectivity index (χ4n) is 1.82. The van der Waals surface area contributed by atoms with Gasteiger partial charge in [0.25, 0.3) is 15.7 Å². The Balaban J connectivity index is 2.44. The molecule has 2 N–H and O–H groups in total. The summed E-state index contributed by atoms with van der Waals surface area (Å²) in [6.07, 6.45) is 0. The molecule has 0 aliphatic rings. The summed E-state index contributed by atoms with van der Waals surface area (Å²) in [6, 6.07) is 8.86. The molecule has 23 heavy (non-hydrogen) atoms. The number of carboxylic acid groups (broad SMARTS) is 1. The molecule has 0 heterocycles. The predicted molar refractivity (Wildman–Crippen MR) is 82.0 cm³/mol. The molecular formula is C14H12N2O6S. The monoisotopic (exact) mass is 336 g/mol. The van der Waals surface area contributed by atoms with Crippen molar-refractivity contribution < 1.29 is 23.2 Å². The Morgan fingerprint density at radius 1 is 1.17 bits per heavy atom. The number of hydrogen-bond donors (Lipinski definition) is 2. The van der Waals surface area contributed by atoms with Crippen LogP contribution in [0.3, 0.4) is 0 Å². The van der Waals surface area contributed by atoms with Gasteiger partial charge in [-0.1, -0.05) is 17.7 Å². The maximum atomic E-state index is 12.3. The van der Waals surface area contributed by atoms with Crippen LogP contribution in [0, 0.1) is 17.0 Å². The molecule has 0 aromatic heterocycles. The lowest BCUT2D eigenvalue weighted by Crippen LogP contribution is -2.14. The molecule has 0 saturated heterocycles. The highest BCUT2D eigenvalue weighted by atomic mass is 32.2. The molecule has 0 unspecified atom stereocenters. The predicted octanol–water partition coefficient (Wildman–Crippen LogP) is 2.40. The number of benzene rings is 2. The fourth-order valence-corrected chi connectivity index (χ4v) is 2.90. The summed E-state index contributed by atoms with van der Waals surface area (Å²) < 4.78 is 26.6. The second kappa shape index (κ2) is 6.05. The van der Waals surface area contributed by atoms with Crippen LogP contribution >= 0.6 is 0 Å². The molecule has 8 nitrogen and oxygen atoms in total. The van der Waals surface area contributed by atoms with Gasteiger partial charge < -0.3 is 5.11 Å². The standard InChI is InChI=1S/C14H12N2O6S/c1-9-2-5-11(6-3-9)23(21,22)15-12-7-4-10(14(17)18)8-13(12)16(19)20/h2-8,15H,1H3,(H,17,18). The summed E-state index contributed by atoms with van der Waals surface area (Å²) in [5, 5.41) is 19.9. The van der Waals surface area contributed by atoms with Crippen molar-refractivity contribution in [3.63, 3.8) is 0 Å². The van der Waals surface area contributed by atoms with Crippen molar-refractivity contribution in [1.82, 2.24) is 0 Å². The van der Waals surface area contributed by atoms with E-state index in [9.17, 15) is 23.3 Å². The average molecular weight is 336 g/mol. The average Bonchev–Trinajstić information content (AvgIpc) is 2.47. The van der Waals surface area contributed by atoms with Crippen molar-refractivity contribution in [2.75, 3.05) is 4.72 Å². The molecule has 0 atom stereocenters. The molecule has 0 saturated carbocycles. The van der Waals surface area contributed by atoms with Crippen molar-refractivity contribution in [2.45, 2.75) is 11.8 Å². The minimum absolute atomic E-state index is 0.0558. The first kappa shape index (κ1) is 16.4. The van der Waals surface area contributed by atoms with Crippen LogP contribution < -0.4 is 4.72 Å². The number of carbonyl (C=O) groups is 1. The summed E-state index contributed by atoms with van der Waals surface area (Å²) in [5.74, 6) is -1.35. The molecule has 0 bridgehead atoms. The Hall–Kier alpha value is -2.94. The first-order valence-electron chi connectivity index (χ1n) is 6.32. The summed E-state index contributed by atoms with van der Waals surface area (Å²) in [6.45, 7) is 1.79. The fraction of sp³-hybridized carbons (Fsp3) is 0.0714. The number of aryl methyl sites for hydroxylation is 1. The third-order valence-electron chi connectivity index (χ3n) is 3.02. The van der Waals surface area contributed by atoms with E-state index in [0.29, 0.717) is 0 Å². The summed E-state index contributed by atoms with van der Waals surface area (Å²) in [4.78, 5) is 21.0. The van der Waals surface area contributed by atoms with Crippen LogP contribution in [-0.2, 0) is 10.0 Å². The van der Waals surface area contributed by atoms with Gasteiger partial charge in [0, 0.05) is 6.07 Å². The molecule has 9 heteroatoms. The Morgan fingerprint density at radius 3 is 2.30 bits per heavy atom. The zero-order valence-corrected chi connectivity index (χ0v) is 12.7. The lowest BCUT2D eigenvalue weighted by molar-refractivity contribution is -0.383. The zero-order chi connectivity index (χ0) is 17.2. The molecule has 0 fully saturated rings. The van der Waals surface area contributed by atoms with E-state index in [1.807, 2.05) is 0 Å². The van der Waals surface area contributed by atoms with E-state index in [2.05, 4.69) is 4.72 Å². The van der Waals surface area contributed by atoms with Crippen LogP contribution in [0.15, 0.2) is 47.4 Å². The van der Waals surface area contributed by atoms with Gasteiger partial charge in [-0.3, -0.25) is 14.8 Å². The molecule has 0 aliphatic heterocycles. The smallest absolute Gasteiger partial charge is 0.335 e. The molecule has 120 valence electrons. The van der Waals surface area contributed by atoms with Gasteiger partial charge >= 0.3 is 5.97 Å². The van der Waals surface area contributed by atoms with Crippen LogP contribution in [0.4, 0.5) is 11.4 Å². The second-order valence-electron chi connectivity index (χ2n) is 4.71. The van der Waals surface area contributed by atoms with Crippen molar-refractivity contribution in [2.24, 2.45) is 0 Å². The van der Waals surface area contributed by atoms with E-state index in [-0.39, 0.29) is 16.1 Å². The van der Waals surface area contributed by atoms with Gasteiger partial charge in [0.15, 0.2) is 0 Å². The van der Waals surface area contributed by atoms with E-state index in [0.717, 1.165) is 23.8 Å². The summed E-state index contributed by atoms with van der Waals surface area (Å²) in [7, 11) is -4.02. The first-order chi connectivity index (χ1) is 10.7. The number of carboxylic acids is 1. The van der Waals surface area contributed by atoms with Gasteiger partial charge in [0.1, 0.15) is 5.69 Å². The van der Waals surface area contributed by atoms with Crippen molar-refractivity contribution in [1.29, 1.82) is 0 Å². The number of hydrogen-bond acceptors (Lipinski definition) is 5. The highest BCUT2D eigenvalue weighted by Crippen LogP contribution is 2.28. The minimum Gasteiger partial charge on any atom is -0.478 e. The summed E-state index contributed by atoms with van der Waals surface area (Å²) >= 11 is 0. The van der Waals surface area contributed by atoms with Crippen LogP contribution in [0.5, 0.6) is 0 Å². The van der Waals surface area contributed by atoms with Crippen LogP contribution in [0.2, 0.25) is 0 Å². The van der Waals surface area contributed by atoms with Gasteiger partial charge in [0.2, 0.25) is 0 Å². The molecule has 2 rings (SSSR count). The maximum Gasteiger partial charge on any atom is 0.335 e. The molecule has 0 aliphatic carbocycles. The number of nitrogens with zero attached hydrogens (tertiary/aromatic N) is 1. The zero-order valence-electron chi connectivity index (χ0n) is 11.9. The highest BCUT2D eigenvalue weighted by Gasteiger charge is 2.22. The Morgan fingerprint density at radius 2 is 1.78 bits per heavy atom. The lowest BCUT2D eigenvalue weighted by Gasteiger charge is -2.09. The third-order valence-corrected chi connectivity index (χ3v) is 4.40. The molecule has 0 radical (unpaired) electrons. The van der Waals surface area contributed by atoms with Crippen molar-refractivity contribution >= 4 is 27.4 Å². The third kappa shape index (κ3) is 3.64. The van der Waals surface area contributed by atoms with E-state index < -0.39 is 26.6 Å². The Kier molecular flexibility index (Phi) is 4.32. The normalized spacial score (nSPS) is 11.0. The highest BCUT2D eigenvalue weighted by molar-refractivity contribution is 7.92. The second-order valence-corrected chi connectivity index (χ2v) is 6.40. The molecule has 0 amide bonds. The molecule has 0 spiro atoms. The molecule has 2 aromatic rings. The number of aromatic carboxylic acids is 1. The number of rotatable bonds is 5. The van der Waals surface area contributed by atoms with Gasteiger partial charge in [0.05, 0.1) is 15.4 Å². The number of sulfonamides is 1. The van der Waals surface area contributed by atoms with Gasteiger partial charge in [-0.25, -0.2) is 13.2 Å².